The third-order valence-corrected chi connectivity index (χ3v) is 2.73. The molecule has 5 nitrogen and oxygen atoms in total. The molecule has 0 heterocycles. The van der Waals surface area contributed by atoms with Crippen molar-refractivity contribution in [3.05, 3.63) is 29.6 Å². The fraction of sp³-hybridized carbons (Fsp3) is 0.429. The molecule has 0 aromatic heterocycles. The summed E-state index contributed by atoms with van der Waals surface area (Å²) in [4.78, 5) is 21.8. The third kappa shape index (κ3) is 4.53. The Morgan fingerprint density at radius 2 is 2.20 bits per heavy atom. The van der Waals surface area contributed by atoms with E-state index >= 15 is 0 Å². The molecule has 0 aliphatic carbocycles. The Hall–Kier alpha value is -2.11. The highest BCUT2D eigenvalue weighted by Gasteiger charge is 2.19. The summed E-state index contributed by atoms with van der Waals surface area (Å²) in [6.07, 6.45) is 0.00739. The Morgan fingerprint density at radius 1 is 1.45 bits per heavy atom. The quantitative estimate of drug-likeness (QED) is 0.540. The van der Waals surface area contributed by atoms with Crippen molar-refractivity contribution in [2.45, 2.75) is 19.3 Å². The third-order valence-electron chi connectivity index (χ3n) is 2.73. The molecule has 1 rings (SSSR count). The number of hydrogen-bond donors (Lipinski definition) is 0. The lowest BCUT2D eigenvalue weighted by molar-refractivity contribution is -0.144. The smallest absolute Gasteiger partial charge is 0.306 e. The molecule has 0 fully saturated rings. The van der Waals surface area contributed by atoms with Crippen LogP contribution >= 0.6 is 0 Å². The van der Waals surface area contributed by atoms with E-state index in [4.69, 9.17) is 9.47 Å². The van der Waals surface area contributed by atoms with E-state index in [-0.39, 0.29) is 31.9 Å². The molecule has 110 valence electrons. The number of methoxy groups -OCH3 is 1. The molecule has 1 unspecified atom stereocenters. The van der Waals surface area contributed by atoms with E-state index in [1.807, 2.05) is 0 Å². The maximum absolute atomic E-state index is 13.7. The molecule has 1 aromatic carbocycles. The van der Waals surface area contributed by atoms with Gasteiger partial charge in [0.15, 0.2) is 11.6 Å². The van der Waals surface area contributed by atoms with Crippen LogP contribution in [0.15, 0.2) is 18.2 Å². The summed E-state index contributed by atoms with van der Waals surface area (Å²) in [5.41, 5.74) is 0.540. The SMILES string of the molecule is CCOC(=O)CC(COC=O)c1ccc(OC)c(F)c1. The number of ether oxygens (including phenoxy) is 3. The Morgan fingerprint density at radius 3 is 2.75 bits per heavy atom. The van der Waals surface area contributed by atoms with Crippen LogP contribution in [0.25, 0.3) is 0 Å². The summed E-state index contributed by atoms with van der Waals surface area (Å²) in [6.45, 7) is 2.23. The van der Waals surface area contributed by atoms with Crippen LogP contribution in [0.3, 0.4) is 0 Å². The molecule has 1 aromatic rings. The topological polar surface area (TPSA) is 61.8 Å². The maximum Gasteiger partial charge on any atom is 0.306 e. The molecule has 1 atom stereocenters. The molecular weight excluding hydrogens is 267 g/mol. The maximum atomic E-state index is 13.7. The highest BCUT2D eigenvalue weighted by Crippen LogP contribution is 2.26. The van der Waals surface area contributed by atoms with Gasteiger partial charge in [0.1, 0.15) is 0 Å². The predicted octanol–water partition coefficient (Wildman–Crippen LogP) is 2.04. The zero-order chi connectivity index (χ0) is 15.0. The fourth-order valence-electron chi connectivity index (χ4n) is 1.79. The van der Waals surface area contributed by atoms with Crippen LogP contribution in [0.4, 0.5) is 4.39 Å². The van der Waals surface area contributed by atoms with Gasteiger partial charge in [-0.1, -0.05) is 6.07 Å². The Labute approximate surface area is 116 Å². The Balaban J connectivity index is 2.88. The van der Waals surface area contributed by atoms with Gasteiger partial charge in [-0.3, -0.25) is 9.59 Å². The predicted molar refractivity (Wildman–Crippen MR) is 69.0 cm³/mol. The van der Waals surface area contributed by atoms with Crippen LogP contribution in [0.2, 0.25) is 0 Å². The molecule has 0 amide bonds. The average Bonchev–Trinajstić information content (AvgIpc) is 2.43. The van der Waals surface area contributed by atoms with Crippen LogP contribution in [-0.2, 0) is 19.1 Å². The van der Waals surface area contributed by atoms with Gasteiger partial charge in [0.25, 0.3) is 6.47 Å². The van der Waals surface area contributed by atoms with Gasteiger partial charge >= 0.3 is 5.97 Å². The van der Waals surface area contributed by atoms with Crippen molar-refractivity contribution in [3.8, 4) is 5.75 Å². The standard InChI is InChI=1S/C14H17FO5/c1-3-20-14(17)7-11(8-19-9-16)10-4-5-13(18-2)12(15)6-10/h4-6,9,11H,3,7-8H2,1-2H3. The molecule has 0 radical (unpaired) electrons. The van der Waals surface area contributed by atoms with Crippen LogP contribution in [0, 0.1) is 5.82 Å². The van der Waals surface area contributed by atoms with E-state index in [9.17, 15) is 14.0 Å². The van der Waals surface area contributed by atoms with Crippen molar-refractivity contribution in [2.75, 3.05) is 20.3 Å². The molecule has 0 bridgehead atoms. The summed E-state index contributed by atoms with van der Waals surface area (Å²) in [6, 6.07) is 4.35. The molecule has 0 saturated carbocycles. The van der Waals surface area contributed by atoms with Crippen molar-refractivity contribution in [3.63, 3.8) is 0 Å². The van der Waals surface area contributed by atoms with Gasteiger partial charge in [-0.2, -0.15) is 0 Å². The van der Waals surface area contributed by atoms with Crippen molar-refractivity contribution < 1.29 is 28.2 Å². The van der Waals surface area contributed by atoms with Crippen molar-refractivity contribution in [1.82, 2.24) is 0 Å². The zero-order valence-electron chi connectivity index (χ0n) is 11.4. The second-order valence-electron chi connectivity index (χ2n) is 4.03. The fourth-order valence-corrected chi connectivity index (χ4v) is 1.79. The first-order valence-corrected chi connectivity index (χ1v) is 6.16. The van der Waals surface area contributed by atoms with Crippen LogP contribution in [0.1, 0.15) is 24.8 Å². The van der Waals surface area contributed by atoms with E-state index in [0.29, 0.717) is 5.56 Å². The van der Waals surface area contributed by atoms with Gasteiger partial charge in [-0.05, 0) is 24.6 Å². The van der Waals surface area contributed by atoms with Crippen molar-refractivity contribution in [2.24, 2.45) is 0 Å². The number of rotatable bonds is 8. The lowest BCUT2D eigenvalue weighted by Gasteiger charge is -2.16. The van der Waals surface area contributed by atoms with E-state index in [2.05, 4.69) is 4.74 Å². The van der Waals surface area contributed by atoms with Crippen LogP contribution in [0.5, 0.6) is 5.75 Å². The second kappa shape index (κ2) is 8.14. The van der Waals surface area contributed by atoms with Crippen molar-refractivity contribution in [1.29, 1.82) is 0 Å². The number of halogens is 1. The summed E-state index contributed by atoms with van der Waals surface area (Å²) in [7, 11) is 1.36. The minimum absolute atomic E-state index is 0.00739. The largest absolute Gasteiger partial charge is 0.494 e. The number of benzene rings is 1. The number of carbonyl (C=O) groups is 2. The van der Waals surface area contributed by atoms with Crippen LogP contribution < -0.4 is 4.74 Å². The second-order valence-corrected chi connectivity index (χ2v) is 4.03. The van der Waals surface area contributed by atoms with Gasteiger partial charge in [-0.25, -0.2) is 4.39 Å². The number of carbonyl (C=O) groups excluding carboxylic acids is 2. The van der Waals surface area contributed by atoms with Gasteiger partial charge < -0.3 is 14.2 Å². The molecule has 0 saturated heterocycles. The van der Waals surface area contributed by atoms with Gasteiger partial charge in [-0.15, -0.1) is 0 Å². The summed E-state index contributed by atoms with van der Waals surface area (Å²) in [5.74, 6) is -1.31. The minimum atomic E-state index is -0.537. The minimum Gasteiger partial charge on any atom is -0.494 e. The van der Waals surface area contributed by atoms with Gasteiger partial charge in [0, 0.05) is 5.92 Å². The first kappa shape index (κ1) is 15.9. The first-order valence-electron chi connectivity index (χ1n) is 6.16. The van der Waals surface area contributed by atoms with Crippen LogP contribution in [-0.4, -0.2) is 32.8 Å². The molecule has 0 N–H and O–H groups in total. The molecule has 6 heteroatoms. The summed E-state index contributed by atoms with van der Waals surface area (Å²) in [5, 5.41) is 0. The molecule has 0 aliphatic rings. The van der Waals surface area contributed by atoms with E-state index in [1.165, 1.54) is 19.2 Å². The van der Waals surface area contributed by atoms with Crippen molar-refractivity contribution >= 4 is 12.4 Å². The van der Waals surface area contributed by atoms with Gasteiger partial charge in [0.05, 0.1) is 26.7 Å². The zero-order valence-corrected chi connectivity index (χ0v) is 11.4. The first-order chi connectivity index (χ1) is 9.62. The van der Waals surface area contributed by atoms with E-state index in [0.717, 1.165) is 0 Å². The summed E-state index contributed by atoms with van der Waals surface area (Å²) >= 11 is 0. The summed E-state index contributed by atoms with van der Waals surface area (Å²) < 4.78 is 28.0. The lowest BCUT2D eigenvalue weighted by Crippen LogP contribution is -2.15. The molecular formula is C14H17FO5. The van der Waals surface area contributed by atoms with Gasteiger partial charge in [0.2, 0.25) is 0 Å². The lowest BCUT2D eigenvalue weighted by atomic mass is 9.96. The molecule has 20 heavy (non-hydrogen) atoms. The highest BCUT2D eigenvalue weighted by molar-refractivity contribution is 5.70. The monoisotopic (exact) mass is 284 g/mol. The number of hydrogen-bond acceptors (Lipinski definition) is 5. The molecule has 0 spiro atoms. The highest BCUT2D eigenvalue weighted by atomic mass is 19.1. The Kier molecular flexibility index (Phi) is 6.49. The molecule has 0 aliphatic heterocycles. The normalized spacial score (nSPS) is 11.6. The number of esters is 1. The average molecular weight is 284 g/mol. The van der Waals surface area contributed by atoms with E-state index < -0.39 is 17.7 Å². The Bertz CT molecular complexity index is 461. The van der Waals surface area contributed by atoms with E-state index in [1.54, 1.807) is 13.0 Å².